The first kappa shape index (κ1) is 18.8. The highest BCUT2D eigenvalue weighted by Crippen LogP contribution is 2.40. The fourth-order valence-electron chi connectivity index (χ4n) is 4.14. The molecule has 1 N–H and O–H groups in total. The van der Waals surface area contributed by atoms with Crippen LogP contribution in [-0.4, -0.2) is 59.0 Å². The first-order valence-corrected chi connectivity index (χ1v) is 9.36. The van der Waals surface area contributed by atoms with E-state index in [4.69, 9.17) is 0 Å². The van der Waals surface area contributed by atoms with E-state index in [1.807, 2.05) is 4.90 Å². The van der Waals surface area contributed by atoms with Crippen molar-refractivity contribution in [3.63, 3.8) is 0 Å². The van der Waals surface area contributed by atoms with E-state index in [1.54, 1.807) is 30.0 Å². The molecule has 2 fully saturated rings. The minimum atomic E-state index is -0.531. The number of likely N-dealkylation sites (tertiary alicyclic amines) is 2. The number of benzene rings is 1. The zero-order valence-corrected chi connectivity index (χ0v) is 15.3. The van der Waals surface area contributed by atoms with E-state index < -0.39 is 6.10 Å². The number of β-amino-alcohol motifs (C(OH)–C–C–N with tert-alkyl or cyclic N) is 1. The van der Waals surface area contributed by atoms with Crippen LogP contribution in [-0.2, 0) is 16.0 Å². The molecule has 2 aliphatic heterocycles. The molecule has 2 heterocycles. The highest BCUT2D eigenvalue weighted by atomic mass is 19.1. The van der Waals surface area contributed by atoms with Gasteiger partial charge in [0, 0.05) is 32.6 Å². The predicted molar refractivity (Wildman–Crippen MR) is 95.8 cm³/mol. The van der Waals surface area contributed by atoms with Crippen molar-refractivity contribution in [1.29, 1.82) is 0 Å². The summed E-state index contributed by atoms with van der Waals surface area (Å²) in [6.45, 7) is 4.01. The number of hydrogen-bond acceptors (Lipinski definition) is 3. The highest BCUT2D eigenvalue weighted by Gasteiger charge is 2.41. The van der Waals surface area contributed by atoms with Crippen molar-refractivity contribution in [2.24, 2.45) is 5.41 Å². The van der Waals surface area contributed by atoms with Gasteiger partial charge in [-0.15, -0.1) is 0 Å². The normalized spacial score (nSPS) is 21.1. The summed E-state index contributed by atoms with van der Waals surface area (Å²) in [6, 6.07) is 6.40. The molecule has 1 aromatic carbocycles. The third-order valence-electron chi connectivity index (χ3n) is 5.71. The molecule has 0 saturated carbocycles. The Hall–Kier alpha value is -1.95. The molecule has 26 heavy (non-hydrogen) atoms. The molecule has 1 atom stereocenters. The minimum Gasteiger partial charge on any atom is -0.392 e. The van der Waals surface area contributed by atoms with E-state index >= 15 is 0 Å². The first-order valence-electron chi connectivity index (χ1n) is 9.36. The molecular weight excluding hydrogens is 335 g/mol. The Balaban J connectivity index is 1.57. The summed E-state index contributed by atoms with van der Waals surface area (Å²) in [5.74, 6) is -0.277. The third-order valence-corrected chi connectivity index (χ3v) is 5.71. The van der Waals surface area contributed by atoms with Crippen LogP contribution < -0.4 is 0 Å². The number of carbonyl (C=O) groups is 2. The molecular formula is C20H27FN2O3. The van der Waals surface area contributed by atoms with Gasteiger partial charge in [0.15, 0.2) is 0 Å². The molecule has 2 saturated heterocycles. The van der Waals surface area contributed by atoms with Crippen molar-refractivity contribution in [3.05, 3.63) is 35.6 Å². The average molecular weight is 362 g/mol. The Morgan fingerprint density at radius 2 is 1.96 bits per heavy atom. The number of nitrogens with zero attached hydrogens (tertiary/aromatic N) is 2. The predicted octanol–water partition coefficient (Wildman–Crippen LogP) is 1.98. The zero-order chi connectivity index (χ0) is 18.7. The monoisotopic (exact) mass is 362 g/mol. The lowest BCUT2D eigenvalue weighted by atomic mass is 9.72. The van der Waals surface area contributed by atoms with Crippen LogP contribution in [0.5, 0.6) is 0 Å². The van der Waals surface area contributed by atoms with Crippen molar-refractivity contribution in [1.82, 2.24) is 9.80 Å². The molecule has 0 radical (unpaired) electrons. The molecule has 0 unspecified atom stereocenters. The van der Waals surface area contributed by atoms with Gasteiger partial charge in [0.05, 0.1) is 12.5 Å². The molecule has 1 aromatic rings. The van der Waals surface area contributed by atoms with Crippen molar-refractivity contribution in [2.75, 3.05) is 26.2 Å². The maximum atomic E-state index is 13.8. The smallest absolute Gasteiger partial charge is 0.227 e. The van der Waals surface area contributed by atoms with E-state index in [0.717, 1.165) is 19.3 Å². The Morgan fingerprint density at radius 1 is 1.27 bits per heavy atom. The molecule has 5 nitrogen and oxygen atoms in total. The van der Waals surface area contributed by atoms with Crippen LogP contribution in [0.2, 0.25) is 0 Å². The van der Waals surface area contributed by atoms with E-state index in [0.29, 0.717) is 38.2 Å². The molecule has 0 aliphatic carbocycles. The molecule has 0 aromatic heterocycles. The van der Waals surface area contributed by atoms with E-state index in [-0.39, 0.29) is 29.5 Å². The number of aliphatic hydroxyl groups is 1. The highest BCUT2D eigenvalue weighted by molar-refractivity contribution is 5.79. The molecule has 2 amide bonds. The molecule has 2 aliphatic rings. The van der Waals surface area contributed by atoms with Crippen molar-refractivity contribution in [2.45, 2.75) is 45.1 Å². The number of piperidine rings is 2. The summed E-state index contributed by atoms with van der Waals surface area (Å²) in [7, 11) is 0. The fourth-order valence-corrected chi connectivity index (χ4v) is 4.14. The topological polar surface area (TPSA) is 60.9 Å². The Labute approximate surface area is 153 Å². The summed E-state index contributed by atoms with van der Waals surface area (Å²) in [5, 5.41) is 9.61. The number of rotatable bonds is 4. The van der Waals surface area contributed by atoms with Crippen LogP contribution in [0.3, 0.4) is 0 Å². The van der Waals surface area contributed by atoms with Gasteiger partial charge in [-0.05, 0) is 43.2 Å². The number of halogens is 1. The van der Waals surface area contributed by atoms with E-state index in [1.165, 1.54) is 6.07 Å². The number of carbonyl (C=O) groups excluding carboxylic acids is 2. The van der Waals surface area contributed by atoms with Crippen LogP contribution in [0, 0.1) is 11.2 Å². The molecule has 3 rings (SSSR count). The Morgan fingerprint density at radius 3 is 2.62 bits per heavy atom. The van der Waals surface area contributed by atoms with Crippen LogP contribution in [0.1, 0.15) is 38.2 Å². The van der Waals surface area contributed by atoms with Crippen LogP contribution in [0.15, 0.2) is 24.3 Å². The fraction of sp³-hybridized carbons (Fsp3) is 0.600. The second-order valence-corrected chi connectivity index (χ2v) is 7.77. The quantitative estimate of drug-likeness (QED) is 0.891. The van der Waals surface area contributed by atoms with Gasteiger partial charge in [0.2, 0.25) is 11.8 Å². The van der Waals surface area contributed by atoms with Crippen LogP contribution in [0.4, 0.5) is 4.39 Å². The van der Waals surface area contributed by atoms with Gasteiger partial charge in [0.25, 0.3) is 0 Å². The van der Waals surface area contributed by atoms with Crippen LogP contribution >= 0.6 is 0 Å². The van der Waals surface area contributed by atoms with Gasteiger partial charge >= 0.3 is 0 Å². The number of aliphatic hydroxyl groups excluding tert-OH is 1. The Bertz CT molecular complexity index is 669. The molecule has 142 valence electrons. The van der Waals surface area contributed by atoms with Crippen molar-refractivity contribution in [3.8, 4) is 0 Å². The summed E-state index contributed by atoms with van der Waals surface area (Å²) in [5.41, 5.74) is 0.474. The summed E-state index contributed by atoms with van der Waals surface area (Å²) in [6.07, 6.45) is 2.61. The van der Waals surface area contributed by atoms with Gasteiger partial charge in [-0.3, -0.25) is 9.59 Å². The maximum Gasteiger partial charge on any atom is 0.227 e. The number of hydrogen-bond donors (Lipinski definition) is 1. The minimum absolute atomic E-state index is 0.0393. The first-order chi connectivity index (χ1) is 12.4. The second-order valence-electron chi connectivity index (χ2n) is 7.77. The lowest BCUT2D eigenvalue weighted by molar-refractivity contribution is -0.143. The van der Waals surface area contributed by atoms with Crippen molar-refractivity contribution >= 4 is 11.8 Å². The SMILES string of the molecule is C[C@H](O)CN1CC2(CCC1=O)CCN(C(=O)Cc1ccccc1F)CC2. The summed E-state index contributed by atoms with van der Waals surface area (Å²) < 4.78 is 13.8. The van der Waals surface area contributed by atoms with Crippen LogP contribution in [0.25, 0.3) is 0 Å². The van der Waals surface area contributed by atoms with Gasteiger partial charge < -0.3 is 14.9 Å². The average Bonchev–Trinajstić information content (AvgIpc) is 2.60. The van der Waals surface area contributed by atoms with Gasteiger partial charge in [-0.2, -0.15) is 0 Å². The largest absolute Gasteiger partial charge is 0.392 e. The molecule has 1 spiro atoms. The standard InChI is InChI=1S/C20H27FN2O3/c1-15(24)13-23-14-20(7-6-18(23)25)8-10-22(11-9-20)19(26)12-16-4-2-3-5-17(16)21/h2-5,15,24H,6-14H2,1H3/t15-/m0/s1. The van der Waals surface area contributed by atoms with E-state index in [2.05, 4.69) is 0 Å². The lowest BCUT2D eigenvalue weighted by Gasteiger charge is -2.47. The number of amides is 2. The Kier molecular flexibility index (Phi) is 5.61. The van der Waals surface area contributed by atoms with Gasteiger partial charge in [-0.1, -0.05) is 18.2 Å². The van der Waals surface area contributed by atoms with Crippen molar-refractivity contribution < 1.29 is 19.1 Å². The second kappa shape index (κ2) is 7.74. The maximum absolute atomic E-state index is 13.8. The van der Waals surface area contributed by atoms with Gasteiger partial charge in [-0.25, -0.2) is 4.39 Å². The summed E-state index contributed by atoms with van der Waals surface area (Å²) in [4.78, 5) is 28.2. The third kappa shape index (κ3) is 4.23. The van der Waals surface area contributed by atoms with Gasteiger partial charge in [0.1, 0.15) is 5.82 Å². The summed E-state index contributed by atoms with van der Waals surface area (Å²) >= 11 is 0. The molecule has 6 heteroatoms. The lowest BCUT2D eigenvalue weighted by Crippen LogP contribution is -2.53. The zero-order valence-electron chi connectivity index (χ0n) is 15.3. The van der Waals surface area contributed by atoms with E-state index in [9.17, 15) is 19.1 Å². The molecule has 0 bridgehead atoms.